The highest BCUT2D eigenvalue weighted by molar-refractivity contribution is 9.10. The molecule has 0 amide bonds. The fraction of sp³-hybridized carbons (Fsp3) is 0.304. The predicted molar refractivity (Wildman–Crippen MR) is 134 cm³/mol. The summed E-state index contributed by atoms with van der Waals surface area (Å²) in [6.07, 6.45) is 7.05. The number of piperidine rings is 1. The number of hydrogen-bond acceptors (Lipinski definition) is 6. The second kappa shape index (κ2) is 9.14. The number of benzene rings is 1. The number of hydrogen-bond donors (Lipinski definition) is 2. The number of anilines is 1. The van der Waals surface area contributed by atoms with E-state index in [0.717, 1.165) is 22.5 Å². The van der Waals surface area contributed by atoms with Gasteiger partial charge in [-0.1, -0.05) is 18.2 Å². The standard InChI is InChI=1S/C23H25BrN6O3S/c24-20-21(16-7-10-29(11-8-16)34(32,33)13-12-31)27-23-19(14-26-30(23)22(20)25)17-6-9-28(15-17)18-4-2-1-3-5-18/h1-6,9,14-16,31H,7-8,10-13,25H2. The molecule has 0 atom stereocenters. The number of nitrogen functional groups attached to an aromatic ring is 1. The van der Waals surface area contributed by atoms with Crippen LogP contribution >= 0.6 is 15.9 Å². The van der Waals surface area contributed by atoms with Crippen molar-refractivity contribution in [1.82, 2.24) is 23.5 Å². The Labute approximate surface area is 206 Å². The highest BCUT2D eigenvalue weighted by Gasteiger charge is 2.31. The number of sulfonamides is 1. The van der Waals surface area contributed by atoms with Crippen molar-refractivity contribution in [3.8, 4) is 16.8 Å². The number of rotatable bonds is 6. The van der Waals surface area contributed by atoms with Crippen LogP contribution in [0.25, 0.3) is 22.5 Å². The minimum absolute atomic E-state index is 0.0546. The molecule has 9 nitrogen and oxygen atoms in total. The minimum atomic E-state index is -3.44. The molecule has 3 aromatic heterocycles. The molecule has 3 N–H and O–H groups in total. The van der Waals surface area contributed by atoms with Gasteiger partial charge in [-0.25, -0.2) is 17.7 Å². The molecule has 11 heteroatoms. The first kappa shape index (κ1) is 23.0. The topological polar surface area (TPSA) is 119 Å². The van der Waals surface area contributed by atoms with Gasteiger partial charge >= 0.3 is 0 Å². The molecule has 1 fully saturated rings. The number of aliphatic hydroxyl groups excluding tert-OH is 1. The van der Waals surface area contributed by atoms with Gasteiger partial charge in [-0.05, 0) is 47.0 Å². The summed E-state index contributed by atoms with van der Waals surface area (Å²) in [5.41, 5.74) is 10.8. The summed E-state index contributed by atoms with van der Waals surface area (Å²) in [6, 6.07) is 12.1. The molecule has 0 aliphatic carbocycles. The molecule has 1 saturated heterocycles. The van der Waals surface area contributed by atoms with E-state index in [-0.39, 0.29) is 18.3 Å². The molecule has 1 aromatic carbocycles. The maximum atomic E-state index is 12.3. The molecule has 0 bridgehead atoms. The molecule has 4 heterocycles. The monoisotopic (exact) mass is 544 g/mol. The molecule has 178 valence electrons. The number of fused-ring (bicyclic) bond motifs is 1. The molecule has 0 spiro atoms. The Morgan fingerprint density at radius 3 is 2.59 bits per heavy atom. The van der Waals surface area contributed by atoms with Crippen LogP contribution in [-0.4, -0.2) is 62.4 Å². The molecule has 4 aromatic rings. The number of halogens is 1. The van der Waals surface area contributed by atoms with Crippen molar-refractivity contribution in [2.24, 2.45) is 0 Å². The lowest BCUT2D eigenvalue weighted by atomic mass is 9.94. The summed E-state index contributed by atoms with van der Waals surface area (Å²) in [4.78, 5) is 4.96. The Hall–Kier alpha value is -2.73. The molecule has 34 heavy (non-hydrogen) atoms. The lowest BCUT2D eigenvalue weighted by Crippen LogP contribution is -2.40. The highest BCUT2D eigenvalue weighted by Crippen LogP contribution is 2.37. The van der Waals surface area contributed by atoms with Gasteiger partial charge in [-0.3, -0.25) is 0 Å². The Morgan fingerprint density at radius 2 is 1.88 bits per heavy atom. The van der Waals surface area contributed by atoms with Gasteiger partial charge in [0.2, 0.25) is 10.0 Å². The van der Waals surface area contributed by atoms with Crippen LogP contribution in [0.4, 0.5) is 5.82 Å². The van der Waals surface area contributed by atoms with E-state index in [0.29, 0.717) is 41.9 Å². The van der Waals surface area contributed by atoms with E-state index in [4.69, 9.17) is 15.8 Å². The summed E-state index contributed by atoms with van der Waals surface area (Å²) in [7, 11) is -3.44. The first-order valence-corrected chi connectivity index (χ1v) is 13.4. The average molecular weight is 545 g/mol. The largest absolute Gasteiger partial charge is 0.395 e. The van der Waals surface area contributed by atoms with Gasteiger partial charge in [0.25, 0.3) is 0 Å². The molecule has 0 unspecified atom stereocenters. The van der Waals surface area contributed by atoms with Crippen molar-refractivity contribution in [2.45, 2.75) is 18.8 Å². The number of aliphatic hydroxyl groups is 1. The van der Waals surface area contributed by atoms with Crippen LogP contribution in [0.5, 0.6) is 0 Å². The zero-order valence-electron chi connectivity index (χ0n) is 18.4. The third kappa shape index (κ3) is 4.13. The van der Waals surface area contributed by atoms with Gasteiger partial charge in [-0.2, -0.15) is 9.61 Å². The first-order valence-electron chi connectivity index (χ1n) is 11.0. The van der Waals surface area contributed by atoms with Gasteiger partial charge < -0.3 is 15.4 Å². The van der Waals surface area contributed by atoms with E-state index < -0.39 is 10.0 Å². The summed E-state index contributed by atoms with van der Waals surface area (Å²) in [6.45, 7) is 0.398. The average Bonchev–Trinajstić information content (AvgIpc) is 3.49. The lowest BCUT2D eigenvalue weighted by molar-refractivity contribution is 0.297. The number of aromatic nitrogens is 4. The molecule has 1 aliphatic rings. The third-order valence-corrected chi connectivity index (χ3v) is 8.95. The Kier molecular flexibility index (Phi) is 6.19. The van der Waals surface area contributed by atoms with E-state index in [1.54, 1.807) is 10.7 Å². The first-order chi connectivity index (χ1) is 16.4. The molecule has 0 radical (unpaired) electrons. The summed E-state index contributed by atoms with van der Waals surface area (Å²) in [5, 5.41) is 13.5. The zero-order valence-corrected chi connectivity index (χ0v) is 20.8. The van der Waals surface area contributed by atoms with Crippen LogP contribution in [0.15, 0.2) is 59.5 Å². The number of nitrogens with two attached hydrogens (primary N) is 1. The maximum Gasteiger partial charge on any atom is 0.216 e. The summed E-state index contributed by atoms with van der Waals surface area (Å²) in [5.74, 6) is 0.267. The Bertz CT molecular complexity index is 1430. The quantitative estimate of drug-likeness (QED) is 0.385. The van der Waals surface area contributed by atoms with Crippen LogP contribution in [0.3, 0.4) is 0 Å². The normalized spacial score (nSPS) is 15.8. The van der Waals surface area contributed by atoms with Crippen LogP contribution in [0.2, 0.25) is 0 Å². The van der Waals surface area contributed by atoms with E-state index in [9.17, 15) is 8.42 Å². The van der Waals surface area contributed by atoms with Crippen LogP contribution in [0, 0.1) is 0 Å². The van der Waals surface area contributed by atoms with Crippen molar-refractivity contribution < 1.29 is 13.5 Å². The molecular weight excluding hydrogens is 520 g/mol. The highest BCUT2D eigenvalue weighted by atomic mass is 79.9. The van der Waals surface area contributed by atoms with E-state index >= 15 is 0 Å². The second-order valence-corrected chi connectivity index (χ2v) is 11.2. The summed E-state index contributed by atoms with van der Waals surface area (Å²) < 4.78 is 30.4. The Balaban J connectivity index is 1.47. The SMILES string of the molecule is Nc1c(Br)c(C2CCN(S(=O)(=O)CCO)CC2)nc2c(-c3ccn(-c4ccccc4)c3)cnn12. The van der Waals surface area contributed by atoms with E-state index in [2.05, 4.69) is 21.0 Å². The van der Waals surface area contributed by atoms with E-state index in [1.807, 2.05) is 53.4 Å². The van der Waals surface area contributed by atoms with Gasteiger partial charge in [0.1, 0.15) is 5.82 Å². The van der Waals surface area contributed by atoms with Crippen LogP contribution in [-0.2, 0) is 10.0 Å². The maximum absolute atomic E-state index is 12.3. The lowest BCUT2D eigenvalue weighted by Gasteiger charge is -2.31. The molecular formula is C23H25BrN6O3S. The third-order valence-electron chi connectivity index (χ3n) is 6.29. The van der Waals surface area contributed by atoms with Crippen LogP contribution in [0.1, 0.15) is 24.5 Å². The molecule has 5 rings (SSSR count). The predicted octanol–water partition coefficient (Wildman–Crippen LogP) is 3.03. The van der Waals surface area contributed by atoms with E-state index in [1.165, 1.54) is 4.31 Å². The van der Waals surface area contributed by atoms with Crippen LogP contribution < -0.4 is 5.73 Å². The summed E-state index contributed by atoms with van der Waals surface area (Å²) >= 11 is 3.60. The smallest absolute Gasteiger partial charge is 0.216 e. The fourth-order valence-electron chi connectivity index (χ4n) is 4.46. The fourth-order valence-corrected chi connectivity index (χ4v) is 6.29. The molecule has 1 aliphatic heterocycles. The van der Waals surface area contributed by atoms with Gasteiger partial charge in [0.15, 0.2) is 5.65 Å². The van der Waals surface area contributed by atoms with Crippen molar-refractivity contribution >= 4 is 37.4 Å². The van der Waals surface area contributed by atoms with Gasteiger partial charge in [-0.15, -0.1) is 0 Å². The van der Waals surface area contributed by atoms with Crippen molar-refractivity contribution in [1.29, 1.82) is 0 Å². The molecule has 0 saturated carbocycles. The van der Waals surface area contributed by atoms with Crippen molar-refractivity contribution in [3.05, 3.63) is 65.2 Å². The second-order valence-electron chi connectivity index (χ2n) is 8.35. The number of nitrogens with zero attached hydrogens (tertiary/aromatic N) is 5. The van der Waals surface area contributed by atoms with Crippen molar-refractivity contribution in [3.63, 3.8) is 0 Å². The van der Waals surface area contributed by atoms with Crippen molar-refractivity contribution in [2.75, 3.05) is 31.2 Å². The minimum Gasteiger partial charge on any atom is -0.395 e. The van der Waals surface area contributed by atoms with Gasteiger partial charge in [0.05, 0.1) is 28.7 Å². The van der Waals surface area contributed by atoms with Gasteiger partial charge in [0, 0.05) is 48.2 Å². The Morgan fingerprint density at radius 1 is 1.15 bits per heavy atom. The number of para-hydroxylation sites is 1. The zero-order chi connectivity index (χ0) is 23.9.